The number of hydrogen-bond donors (Lipinski definition) is 0. The highest BCUT2D eigenvalue weighted by atomic mass is 32.2. The quantitative estimate of drug-likeness (QED) is 0.224. The Bertz CT molecular complexity index is 1490. The number of thioether (sulfide) groups is 1. The summed E-state index contributed by atoms with van der Waals surface area (Å²) in [4.78, 5) is 68.0. The fourth-order valence-corrected chi connectivity index (χ4v) is 5.82. The minimum atomic E-state index is -1.36. The number of amidine groups is 1. The molecule has 4 rings (SSSR count). The van der Waals surface area contributed by atoms with Gasteiger partial charge in [-0.05, 0) is 35.9 Å². The van der Waals surface area contributed by atoms with E-state index in [-0.39, 0.29) is 17.5 Å². The van der Waals surface area contributed by atoms with Crippen LogP contribution in [0.4, 0.5) is 5.69 Å². The normalized spacial score (nSPS) is 23.6. The Morgan fingerprint density at radius 1 is 0.844 bits per heavy atom. The van der Waals surface area contributed by atoms with Gasteiger partial charge in [0.2, 0.25) is 0 Å². The van der Waals surface area contributed by atoms with E-state index < -0.39 is 59.6 Å². The summed E-state index contributed by atoms with van der Waals surface area (Å²) in [5.74, 6) is -2.67. The van der Waals surface area contributed by atoms with Gasteiger partial charge in [-0.1, -0.05) is 42.1 Å². The second-order valence-corrected chi connectivity index (χ2v) is 10.9. The smallest absolute Gasteiger partial charge is 0.303 e. The number of carbonyl (C=O) groups is 5. The molecule has 2 aliphatic heterocycles. The van der Waals surface area contributed by atoms with Crippen molar-refractivity contribution in [3.63, 3.8) is 0 Å². The van der Waals surface area contributed by atoms with Crippen molar-refractivity contribution in [2.24, 2.45) is 4.99 Å². The van der Waals surface area contributed by atoms with Crippen LogP contribution in [-0.2, 0) is 47.7 Å². The van der Waals surface area contributed by atoms with E-state index in [1.807, 2.05) is 0 Å². The van der Waals surface area contributed by atoms with Crippen molar-refractivity contribution in [2.75, 3.05) is 18.6 Å². The van der Waals surface area contributed by atoms with Crippen LogP contribution in [0.3, 0.4) is 0 Å². The Hall–Kier alpha value is -4.69. The lowest BCUT2D eigenvalue weighted by atomic mass is 9.99. The number of nitrogens with zero attached hydrogens (tertiary/aromatic N) is 2. The highest BCUT2D eigenvalue weighted by Gasteiger charge is 2.53. The van der Waals surface area contributed by atoms with Gasteiger partial charge in [0.25, 0.3) is 5.91 Å². The van der Waals surface area contributed by atoms with E-state index in [1.54, 1.807) is 67.8 Å². The van der Waals surface area contributed by atoms with Crippen molar-refractivity contribution < 1.29 is 52.4 Å². The summed E-state index contributed by atoms with van der Waals surface area (Å²) in [7, 11) is 1.55. The molecule has 238 valence electrons. The van der Waals surface area contributed by atoms with E-state index in [4.69, 9.17) is 28.4 Å². The van der Waals surface area contributed by atoms with Crippen LogP contribution in [0.25, 0.3) is 6.08 Å². The molecule has 0 radical (unpaired) electrons. The van der Waals surface area contributed by atoms with Gasteiger partial charge < -0.3 is 28.4 Å². The van der Waals surface area contributed by atoms with Crippen molar-refractivity contribution in [2.45, 2.75) is 57.5 Å². The van der Waals surface area contributed by atoms with E-state index >= 15 is 0 Å². The molecule has 0 aliphatic carbocycles. The average Bonchev–Trinajstić information content (AvgIpc) is 3.29. The summed E-state index contributed by atoms with van der Waals surface area (Å²) in [5, 5.41) is 0.159. The van der Waals surface area contributed by atoms with Gasteiger partial charge in [0.15, 0.2) is 28.9 Å². The number of para-hydroxylation sites is 1. The molecule has 1 saturated heterocycles. The Morgan fingerprint density at radius 2 is 1.44 bits per heavy atom. The molecule has 0 bridgehead atoms. The number of ether oxygens (including phenoxy) is 6. The maximum atomic E-state index is 13.8. The molecule has 2 aromatic rings. The van der Waals surface area contributed by atoms with Crippen LogP contribution in [0.15, 0.2) is 65.3 Å². The first kappa shape index (κ1) is 33.2. The van der Waals surface area contributed by atoms with Crippen molar-refractivity contribution in [3.8, 4) is 5.75 Å². The second-order valence-electron chi connectivity index (χ2n) is 9.86. The maximum Gasteiger partial charge on any atom is 0.303 e. The van der Waals surface area contributed by atoms with Crippen LogP contribution in [0, 0.1) is 0 Å². The van der Waals surface area contributed by atoms with Crippen LogP contribution < -0.4 is 9.64 Å². The monoisotopic (exact) mass is 640 g/mol. The minimum absolute atomic E-state index is 0.108. The summed E-state index contributed by atoms with van der Waals surface area (Å²) in [6.07, 6.45) is -3.55. The van der Waals surface area contributed by atoms with Gasteiger partial charge >= 0.3 is 23.9 Å². The molecular weight excluding hydrogens is 608 g/mol. The summed E-state index contributed by atoms with van der Waals surface area (Å²) < 4.78 is 33.2. The number of esters is 4. The third-order valence-corrected chi connectivity index (χ3v) is 7.53. The Morgan fingerprint density at radius 3 is 2.02 bits per heavy atom. The molecule has 5 atom stereocenters. The fraction of sp³-hybridized carbons (Fsp3) is 0.355. The van der Waals surface area contributed by atoms with E-state index in [9.17, 15) is 24.0 Å². The Kier molecular flexibility index (Phi) is 11.0. The number of rotatable bonds is 9. The van der Waals surface area contributed by atoms with Crippen LogP contribution in [0.2, 0.25) is 0 Å². The van der Waals surface area contributed by atoms with Gasteiger partial charge in [0.05, 0.1) is 12.8 Å². The van der Waals surface area contributed by atoms with E-state index in [2.05, 4.69) is 4.99 Å². The summed E-state index contributed by atoms with van der Waals surface area (Å²) in [6.45, 7) is 4.24. The van der Waals surface area contributed by atoms with Crippen molar-refractivity contribution in [1.29, 1.82) is 0 Å². The van der Waals surface area contributed by atoms with Gasteiger partial charge in [-0.15, -0.1) is 0 Å². The zero-order valence-electron chi connectivity index (χ0n) is 25.2. The lowest BCUT2D eigenvalue weighted by Crippen LogP contribution is -2.61. The predicted molar refractivity (Wildman–Crippen MR) is 162 cm³/mol. The first-order valence-corrected chi connectivity index (χ1v) is 14.7. The third-order valence-electron chi connectivity index (χ3n) is 6.43. The molecule has 0 spiro atoms. The molecule has 2 aromatic carbocycles. The molecule has 1 amide bonds. The number of methoxy groups -OCH3 is 1. The lowest BCUT2D eigenvalue weighted by molar-refractivity contribution is -0.237. The van der Waals surface area contributed by atoms with Gasteiger partial charge in [-0.2, -0.15) is 0 Å². The van der Waals surface area contributed by atoms with Crippen LogP contribution in [0.1, 0.15) is 33.3 Å². The second kappa shape index (κ2) is 14.9. The fourth-order valence-electron chi connectivity index (χ4n) is 4.63. The summed E-state index contributed by atoms with van der Waals surface area (Å²) >= 11 is 0.918. The van der Waals surface area contributed by atoms with E-state index in [0.717, 1.165) is 32.5 Å². The van der Waals surface area contributed by atoms with Gasteiger partial charge in [-0.25, -0.2) is 4.99 Å². The molecule has 0 N–H and O–H groups in total. The standard InChI is InChI=1S/C31H32N2O11S/c1-17(34)40-16-25-26(41-18(2)35)27(42-19(3)36)28(43-20(4)37)30(44-25)45-31-32-24(15-21-11-13-23(39-5)14-12-21)29(38)33(31)22-9-7-6-8-10-22/h6-15,25-28,30H,16H2,1-5H3/b24-15-/t25-,26-,27+,28-,30?/m1/s1. The predicted octanol–water partition coefficient (Wildman–Crippen LogP) is 3.26. The Balaban J connectivity index is 1.77. The number of benzene rings is 2. The summed E-state index contributed by atoms with van der Waals surface area (Å²) in [6, 6.07) is 15.8. The molecule has 14 heteroatoms. The molecule has 2 heterocycles. The maximum absolute atomic E-state index is 13.8. The van der Waals surface area contributed by atoms with Crippen molar-refractivity contribution >= 4 is 58.5 Å². The topological polar surface area (TPSA) is 156 Å². The SMILES string of the molecule is COc1ccc(/C=C2\N=C(SC3O[C@H](COC(C)=O)[C@@H](OC(C)=O)[C@H](OC(C)=O)[C@H]3OC(C)=O)N(c3ccccc3)C2=O)cc1. The zero-order chi connectivity index (χ0) is 32.7. The first-order chi connectivity index (χ1) is 21.5. The zero-order valence-corrected chi connectivity index (χ0v) is 26.0. The number of anilines is 1. The largest absolute Gasteiger partial charge is 0.497 e. The highest BCUT2D eigenvalue weighted by molar-refractivity contribution is 8.14. The van der Waals surface area contributed by atoms with E-state index in [0.29, 0.717) is 17.0 Å². The molecule has 1 unspecified atom stereocenters. The molecule has 2 aliphatic rings. The van der Waals surface area contributed by atoms with Crippen LogP contribution in [-0.4, -0.2) is 78.5 Å². The Labute approximate surface area is 263 Å². The molecule has 1 fully saturated rings. The van der Waals surface area contributed by atoms with Gasteiger partial charge in [-0.3, -0.25) is 28.9 Å². The minimum Gasteiger partial charge on any atom is -0.497 e. The third kappa shape index (κ3) is 8.48. The lowest BCUT2D eigenvalue weighted by Gasteiger charge is -2.44. The van der Waals surface area contributed by atoms with Crippen molar-refractivity contribution in [1.82, 2.24) is 0 Å². The number of carbonyl (C=O) groups excluding carboxylic acids is 5. The van der Waals surface area contributed by atoms with Crippen LogP contribution >= 0.6 is 11.8 Å². The first-order valence-electron chi connectivity index (χ1n) is 13.8. The van der Waals surface area contributed by atoms with Crippen LogP contribution in [0.5, 0.6) is 5.75 Å². The van der Waals surface area contributed by atoms with E-state index in [1.165, 1.54) is 11.8 Å². The van der Waals surface area contributed by atoms with Gasteiger partial charge in [0.1, 0.15) is 24.2 Å². The highest BCUT2D eigenvalue weighted by Crippen LogP contribution is 2.38. The number of hydrogen-bond acceptors (Lipinski definition) is 13. The number of aliphatic imine (C=N–C) groups is 1. The number of amides is 1. The molecular formula is C31H32N2O11S. The average molecular weight is 641 g/mol. The van der Waals surface area contributed by atoms with Crippen molar-refractivity contribution in [3.05, 3.63) is 65.9 Å². The van der Waals surface area contributed by atoms with Gasteiger partial charge in [0, 0.05) is 27.7 Å². The molecule has 0 saturated carbocycles. The molecule has 45 heavy (non-hydrogen) atoms. The summed E-state index contributed by atoms with van der Waals surface area (Å²) in [5.41, 5.74) is 0.118. The molecule has 0 aromatic heterocycles. The molecule has 13 nitrogen and oxygen atoms in total.